The molecule has 2 fully saturated rings. The van der Waals surface area contributed by atoms with Gasteiger partial charge in [-0.1, -0.05) is 0 Å². The molecule has 0 aliphatic carbocycles. The van der Waals surface area contributed by atoms with Gasteiger partial charge in [0.05, 0.1) is 0 Å². The molecule has 6 nitrogen and oxygen atoms in total. The minimum atomic E-state index is -0.604. The lowest BCUT2D eigenvalue weighted by atomic mass is 9.95. The third-order valence-corrected chi connectivity index (χ3v) is 6.62. The predicted octanol–water partition coefficient (Wildman–Crippen LogP) is 2.02. The number of amides is 2. The average Bonchev–Trinajstić information content (AvgIpc) is 3.21. The number of anilines is 2. The molecular formula is C20H30N4O2S. The van der Waals surface area contributed by atoms with Crippen molar-refractivity contribution in [3.05, 3.63) is 24.3 Å². The summed E-state index contributed by atoms with van der Waals surface area (Å²) in [6.45, 7) is 2.80. The Morgan fingerprint density at radius 2 is 1.81 bits per heavy atom. The first-order valence-corrected chi connectivity index (χ1v) is 10.9. The maximum Gasteiger partial charge on any atom is 0.313 e. The number of likely N-dealkylation sites (tertiary alicyclic amines) is 1. The number of rotatable bonds is 5. The molecule has 0 saturated carbocycles. The van der Waals surface area contributed by atoms with Crippen molar-refractivity contribution in [3.8, 4) is 0 Å². The molecule has 1 aromatic rings. The number of benzene rings is 1. The number of nitrogens with zero attached hydrogens (tertiary/aromatic N) is 2. The maximum absolute atomic E-state index is 12.1. The van der Waals surface area contributed by atoms with Gasteiger partial charge in [0.15, 0.2) is 0 Å². The van der Waals surface area contributed by atoms with Gasteiger partial charge in [0.2, 0.25) is 0 Å². The molecule has 0 aromatic heterocycles. The van der Waals surface area contributed by atoms with E-state index in [1.54, 1.807) is 12.1 Å². The summed E-state index contributed by atoms with van der Waals surface area (Å²) in [5, 5.41) is 5.46. The molecule has 2 saturated heterocycles. The zero-order valence-electron chi connectivity index (χ0n) is 16.2. The molecular weight excluding hydrogens is 360 g/mol. The van der Waals surface area contributed by atoms with Crippen molar-refractivity contribution in [2.24, 2.45) is 5.92 Å². The van der Waals surface area contributed by atoms with Crippen LogP contribution in [0.1, 0.15) is 19.3 Å². The highest BCUT2D eigenvalue weighted by atomic mass is 32.2. The first kappa shape index (κ1) is 20.0. The third kappa shape index (κ3) is 5.62. The van der Waals surface area contributed by atoms with Crippen molar-refractivity contribution in [2.45, 2.75) is 25.3 Å². The SMILES string of the molecule is CN(C)c1ccc(NC(=O)C(=O)NCC2CCN(C3CCSC3)CC2)cc1. The molecule has 27 heavy (non-hydrogen) atoms. The Morgan fingerprint density at radius 1 is 1.11 bits per heavy atom. The van der Waals surface area contributed by atoms with Gasteiger partial charge in [0, 0.05) is 43.8 Å². The Hall–Kier alpha value is -1.73. The van der Waals surface area contributed by atoms with Crippen LogP contribution < -0.4 is 15.5 Å². The molecule has 148 valence electrons. The largest absolute Gasteiger partial charge is 0.378 e. The molecule has 3 rings (SSSR count). The molecule has 1 aromatic carbocycles. The van der Waals surface area contributed by atoms with Crippen molar-refractivity contribution in [3.63, 3.8) is 0 Å². The Bertz CT molecular complexity index is 636. The summed E-state index contributed by atoms with van der Waals surface area (Å²) in [5.74, 6) is 1.85. The molecule has 2 aliphatic heterocycles. The standard InChI is InChI=1S/C20H30N4O2S/c1-23(2)17-5-3-16(4-6-17)22-20(26)19(25)21-13-15-7-10-24(11-8-15)18-9-12-27-14-18/h3-6,15,18H,7-14H2,1-2H3,(H,21,25)(H,22,26). The van der Waals surface area contributed by atoms with Crippen LogP contribution >= 0.6 is 11.8 Å². The summed E-state index contributed by atoms with van der Waals surface area (Å²) < 4.78 is 0. The predicted molar refractivity (Wildman–Crippen MR) is 112 cm³/mol. The van der Waals surface area contributed by atoms with Gasteiger partial charge in [0.25, 0.3) is 0 Å². The Balaban J connectivity index is 1.38. The van der Waals surface area contributed by atoms with E-state index in [1.165, 1.54) is 17.9 Å². The first-order chi connectivity index (χ1) is 13.0. The highest BCUT2D eigenvalue weighted by molar-refractivity contribution is 7.99. The van der Waals surface area contributed by atoms with Crippen LogP contribution in [0, 0.1) is 5.92 Å². The van der Waals surface area contributed by atoms with Crippen molar-refractivity contribution in [1.29, 1.82) is 0 Å². The van der Waals surface area contributed by atoms with Crippen LogP contribution in [0.15, 0.2) is 24.3 Å². The number of hydrogen-bond acceptors (Lipinski definition) is 5. The Morgan fingerprint density at radius 3 is 2.41 bits per heavy atom. The van der Waals surface area contributed by atoms with Gasteiger partial charge in [-0.05, 0) is 68.3 Å². The number of piperidine rings is 1. The molecule has 1 unspecified atom stereocenters. The molecule has 7 heteroatoms. The maximum atomic E-state index is 12.1. The fraction of sp³-hybridized carbons (Fsp3) is 0.600. The zero-order valence-corrected chi connectivity index (χ0v) is 17.1. The highest BCUT2D eigenvalue weighted by Crippen LogP contribution is 2.26. The van der Waals surface area contributed by atoms with E-state index in [0.29, 0.717) is 18.2 Å². The number of hydrogen-bond donors (Lipinski definition) is 2. The van der Waals surface area contributed by atoms with E-state index in [2.05, 4.69) is 27.3 Å². The molecule has 2 N–H and O–H groups in total. The van der Waals surface area contributed by atoms with Crippen molar-refractivity contribution < 1.29 is 9.59 Å². The van der Waals surface area contributed by atoms with Crippen molar-refractivity contribution >= 4 is 35.0 Å². The van der Waals surface area contributed by atoms with E-state index < -0.39 is 11.8 Å². The quantitative estimate of drug-likeness (QED) is 0.753. The molecule has 0 spiro atoms. The Kier molecular flexibility index (Phi) is 7.01. The van der Waals surface area contributed by atoms with Crippen LogP contribution in [0.2, 0.25) is 0 Å². The summed E-state index contributed by atoms with van der Waals surface area (Å²) in [4.78, 5) is 28.8. The van der Waals surface area contributed by atoms with E-state index in [0.717, 1.165) is 37.7 Å². The Labute approximate surface area is 166 Å². The number of nitrogens with one attached hydrogen (secondary N) is 2. The summed E-state index contributed by atoms with van der Waals surface area (Å²) in [7, 11) is 3.91. The lowest BCUT2D eigenvalue weighted by Gasteiger charge is -2.35. The van der Waals surface area contributed by atoms with Crippen molar-refractivity contribution in [1.82, 2.24) is 10.2 Å². The molecule has 2 heterocycles. The van der Waals surface area contributed by atoms with Gasteiger partial charge in [-0.25, -0.2) is 0 Å². The van der Waals surface area contributed by atoms with Gasteiger partial charge in [-0.3, -0.25) is 14.5 Å². The van der Waals surface area contributed by atoms with E-state index in [-0.39, 0.29) is 0 Å². The van der Waals surface area contributed by atoms with Gasteiger partial charge in [-0.15, -0.1) is 0 Å². The summed E-state index contributed by atoms with van der Waals surface area (Å²) in [5.41, 5.74) is 1.67. The second-order valence-corrected chi connectivity index (χ2v) is 8.75. The van der Waals surface area contributed by atoms with Crippen LogP contribution in [0.3, 0.4) is 0 Å². The van der Waals surface area contributed by atoms with Crippen LogP contribution in [-0.2, 0) is 9.59 Å². The number of carbonyl (C=O) groups excluding carboxylic acids is 2. The molecule has 1 atom stereocenters. The van der Waals surface area contributed by atoms with E-state index >= 15 is 0 Å². The summed E-state index contributed by atoms with van der Waals surface area (Å²) in [6.07, 6.45) is 3.49. The van der Waals surface area contributed by atoms with E-state index in [4.69, 9.17) is 0 Å². The molecule has 2 aliphatic rings. The minimum Gasteiger partial charge on any atom is -0.378 e. The van der Waals surface area contributed by atoms with E-state index in [9.17, 15) is 9.59 Å². The first-order valence-electron chi connectivity index (χ1n) is 9.71. The summed E-state index contributed by atoms with van der Waals surface area (Å²) in [6, 6.07) is 8.17. The molecule has 0 radical (unpaired) electrons. The topological polar surface area (TPSA) is 64.7 Å². The van der Waals surface area contributed by atoms with Gasteiger partial charge >= 0.3 is 11.8 Å². The van der Waals surface area contributed by atoms with Crippen LogP contribution in [-0.4, -0.2) is 68.0 Å². The van der Waals surface area contributed by atoms with Crippen LogP contribution in [0.25, 0.3) is 0 Å². The molecule has 2 amide bonds. The van der Waals surface area contributed by atoms with E-state index in [1.807, 2.05) is 31.1 Å². The number of carbonyl (C=O) groups is 2. The highest BCUT2D eigenvalue weighted by Gasteiger charge is 2.27. The minimum absolute atomic E-state index is 0.464. The second-order valence-electron chi connectivity index (χ2n) is 7.60. The fourth-order valence-corrected chi connectivity index (χ4v) is 4.94. The van der Waals surface area contributed by atoms with Gasteiger partial charge in [0.1, 0.15) is 0 Å². The normalized spacial score (nSPS) is 21.0. The second kappa shape index (κ2) is 9.46. The monoisotopic (exact) mass is 390 g/mol. The number of thioether (sulfide) groups is 1. The smallest absolute Gasteiger partial charge is 0.313 e. The molecule has 0 bridgehead atoms. The lowest BCUT2D eigenvalue weighted by Crippen LogP contribution is -2.45. The average molecular weight is 391 g/mol. The van der Waals surface area contributed by atoms with Crippen LogP contribution in [0.5, 0.6) is 0 Å². The third-order valence-electron chi connectivity index (χ3n) is 5.47. The van der Waals surface area contributed by atoms with Crippen molar-refractivity contribution in [2.75, 3.05) is 55.5 Å². The summed E-state index contributed by atoms with van der Waals surface area (Å²) >= 11 is 2.05. The van der Waals surface area contributed by atoms with Gasteiger partial charge < -0.3 is 15.5 Å². The zero-order chi connectivity index (χ0) is 19.2. The fourth-order valence-electron chi connectivity index (χ4n) is 3.68. The lowest BCUT2D eigenvalue weighted by molar-refractivity contribution is -0.136. The van der Waals surface area contributed by atoms with Gasteiger partial charge in [-0.2, -0.15) is 11.8 Å². The van der Waals surface area contributed by atoms with Crippen LogP contribution in [0.4, 0.5) is 11.4 Å².